The lowest BCUT2D eigenvalue weighted by Crippen LogP contribution is -2.21. The lowest BCUT2D eigenvalue weighted by atomic mass is 10.1. The van der Waals surface area contributed by atoms with Crippen LogP contribution in [0.15, 0.2) is 41.4 Å². The Morgan fingerprint density at radius 3 is 2.42 bits per heavy atom. The first-order valence-corrected chi connectivity index (χ1v) is 7.64. The number of aryl methyl sites for hydroxylation is 1. The van der Waals surface area contributed by atoms with Crippen LogP contribution in [0.4, 0.5) is 0 Å². The Kier molecular flexibility index (Phi) is 5.57. The van der Waals surface area contributed by atoms with Crippen LogP contribution in [-0.4, -0.2) is 31.5 Å². The Hall–Kier alpha value is -1.33. The maximum absolute atomic E-state index is 12.2. The first-order valence-electron chi connectivity index (χ1n) is 6.20. The maximum Gasteiger partial charge on any atom is 0.263 e. The van der Waals surface area contributed by atoms with Gasteiger partial charge in [0.2, 0.25) is 0 Å². The second-order valence-corrected chi connectivity index (χ2v) is 6.74. The summed E-state index contributed by atoms with van der Waals surface area (Å²) >= 11 is 0. The highest BCUT2D eigenvalue weighted by molar-refractivity contribution is 7.89. The molecule has 1 rings (SSSR count). The second-order valence-electron chi connectivity index (χ2n) is 4.74. The summed E-state index contributed by atoms with van der Waals surface area (Å²) < 4.78 is 25.6. The molecule has 0 bridgehead atoms. The van der Waals surface area contributed by atoms with Crippen LogP contribution in [0.3, 0.4) is 0 Å². The van der Waals surface area contributed by atoms with Crippen molar-refractivity contribution < 1.29 is 13.5 Å². The van der Waals surface area contributed by atoms with Gasteiger partial charge >= 0.3 is 0 Å². The molecule has 0 saturated heterocycles. The predicted molar refractivity (Wildman–Crippen MR) is 76.1 cm³/mol. The molecule has 1 unspecified atom stereocenters. The van der Waals surface area contributed by atoms with E-state index in [1.165, 1.54) is 17.6 Å². The fourth-order valence-corrected chi connectivity index (χ4v) is 2.53. The molecule has 4 nitrogen and oxygen atoms in total. The van der Waals surface area contributed by atoms with E-state index in [-0.39, 0.29) is 17.4 Å². The minimum atomic E-state index is -3.48. The summed E-state index contributed by atoms with van der Waals surface area (Å²) in [5, 5.41) is 8.90. The van der Waals surface area contributed by atoms with Crippen LogP contribution in [0, 0.1) is 12.8 Å². The largest absolute Gasteiger partial charge is 0.396 e. The van der Waals surface area contributed by atoms with Gasteiger partial charge in [-0.2, -0.15) is 0 Å². The van der Waals surface area contributed by atoms with Crippen molar-refractivity contribution in [3.8, 4) is 0 Å². The van der Waals surface area contributed by atoms with Crippen LogP contribution >= 0.6 is 0 Å². The second kappa shape index (κ2) is 6.73. The fraction of sp³-hybridized carbons (Fsp3) is 0.429. The van der Waals surface area contributed by atoms with Gasteiger partial charge in [-0.1, -0.05) is 30.7 Å². The first kappa shape index (κ1) is 15.7. The molecule has 0 aromatic heterocycles. The Morgan fingerprint density at radius 2 is 1.89 bits per heavy atom. The molecule has 1 N–H and O–H groups in total. The SMILES string of the molecule is Cc1ccc(S(=O)(=O)N(C)/C=C/CC(C)CO)cc1. The number of nitrogens with zero attached hydrogens (tertiary/aromatic N) is 1. The summed E-state index contributed by atoms with van der Waals surface area (Å²) in [6.07, 6.45) is 3.93. The molecule has 1 aromatic rings. The van der Waals surface area contributed by atoms with E-state index in [1.54, 1.807) is 30.3 Å². The molecule has 0 heterocycles. The van der Waals surface area contributed by atoms with E-state index >= 15 is 0 Å². The van der Waals surface area contributed by atoms with Crippen molar-refractivity contribution in [2.24, 2.45) is 5.92 Å². The number of sulfonamides is 1. The molecule has 1 atom stereocenters. The molecule has 0 aliphatic heterocycles. The smallest absolute Gasteiger partial charge is 0.263 e. The van der Waals surface area contributed by atoms with Gasteiger partial charge in [0.1, 0.15) is 0 Å². The summed E-state index contributed by atoms with van der Waals surface area (Å²) in [5.74, 6) is 0.131. The molecular weight excluding hydrogens is 262 g/mol. The monoisotopic (exact) mass is 283 g/mol. The van der Waals surface area contributed by atoms with E-state index in [0.29, 0.717) is 6.42 Å². The van der Waals surface area contributed by atoms with Crippen molar-refractivity contribution in [2.75, 3.05) is 13.7 Å². The Bertz CT molecular complexity index is 520. The topological polar surface area (TPSA) is 57.6 Å². The van der Waals surface area contributed by atoms with Crippen molar-refractivity contribution in [1.29, 1.82) is 0 Å². The zero-order chi connectivity index (χ0) is 14.5. The maximum atomic E-state index is 12.2. The molecular formula is C14H21NO3S. The van der Waals surface area contributed by atoms with Crippen molar-refractivity contribution in [3.63, 3.8) is 0 Å². The van der Waals surface area contributed by atoms with E-state index in [1.807, 2.05) is 13.8 Å². The zero-order valence-corrected chi connectivity index (χ0v) is 12.4. The van der Waals surface area contributed by atoms with E-state index < -0.39 is 10.0 Å². The van der Waals surface area contributed by atoms with Gasteiger partial charge in [0.25, 0.3) is 10.0 Å². The number of rotatable bonds is 6. The van der Waals surface area contributed by atoms with Gasteiger partial charge < -0.3 is 5.11 Å². The average molecular weight is 283 g/mol. The number of allylic oxidation sites excluding steroid dienone is 1. The van der Waals surface area contributed by atoms with E-state index in [0.717, 1.165) is 5.56 Å². The molecule has 0 saturated carbocycles. The van der Waals surface area contributed by atoms with Gasteiger partial charge in [0, 0.05) is 19.9 Å². The summed E-state index contributed by atoms with van der Waals surface area (Å²) in [6.45, 7) is 3.91. The van der Waals surface area contributed by atoms with E-state index in [2.05, 4.69) is 0 Å². The van der Waals surface area contributed by atoms with Gasteiger partial charge in [-0.3, -0.25) is 4.31 Å². The molecule has 0 aliphatic carbocycles. The van der Waals surface area contributed by atoms with Gasteiger partial charge in [0.15, 0.2) is 0 Å². The number of hydrogen-bond donors (Lipinski definition) is 1. The third kappa shape index (κ3) is 4.36. The Balaban J connectivity index is 2.80. The highest BCUT2D eigenvalue weighted by atomic mass is 32.2. The minimum absolute atomic E-state index is 0.0960. The third-order valence-corrected chi connectivity index (χ3v) is 4.61. The Labute approximate surface area is 115 Å². The highest BCUT2D eigenvalue weighted by Crippen LogP contribution is 2.15. The lowest BCUT2D eigenvalue weighted by molar-refractivity contribution is 0.238. The van der Waals surface area contributed by atoms with Crippen LogP contribution in [0.1, 0.15) is 18.9 Å². The van der Waals surface area contributed by atoms with E-state index in [4.69, 9.17) is 5.11 Å². The number of aliphatic hydroxyl groups is 1. The van der Waals surface area contributed by atoms with Crippen molar-refractivity contribution in [2.45, 2.75) is 25.2 Å². The average Bonchev–Trinajstić information content (AvgIpc) is 2.38. The zero-order valence-electron chi connectivity index (χ0n) is 11.6. The molecule has 106 valence electrons. The van der Waals surface area contributed by atoms with Crippen LogP contribution in [0.5, 0.6) is 0 Å². The Morgan fingerprint density at radius 1 is 1.32 bits per heavy atom. The normalized spacial score (nSPS) is 13.7. The fourth-order valence-electron chi connectivity index (χ4n) is 1.47. The minimum Gasteiger partial charge on any atom is -0.396 e. The lowest BCUT2D eigenvalue weighted by Gasteiger charge is -2.15. The quantitative estimate of drug-likeness (QED) is 0.870. The molecule has 1 aromatic carbocycles. The molecule has 0 radical (unpaired) electrons. The predicted octanol–water partition coefficient (Wildman–Crippen LogP) is 2.15. The van der Waals surface area contributed by atoms with E-state index in [9.17, 15) is 8.42 Å². The van der Waals surface area contributed by atoms with Gasteiger partial charge in [-0.25, -0.2) is 8.42 Å². The van der Waals surface area contributed by atoms with Gasteiger partial charge in [0.05, 0.1) is 4.90 Å². The molecule has 5 heteroatoms. The standard InChI is InChI=1S/C14H21NO3S/c1-12-6-8-14(9-7-12)19(17,18)15(3)10-4-5-13(2)11-16/h4,6-10,13,16H,5,11H2,1-3H3/b10-4+. The van der Waals surface area contributed by atoms with Crippen LogP contribution < -0.4 is 0 Å². The number of aliphatic hydroxyl groups excluding tert-OH is 1. The summed E-state index contributed by atoms with van der Waals surface area (Å²) in [7, 11) is -1.97. The van der Waals surface area contributed by atoms with Crippen molar-refractivity contribution >= 4 is 10.0 Å². The number of benzene rings is 1. The molecule has 19 heavy (non-hydrogen) atoms. The molecule has 0 fully saturated rings. The third-order valence-electron chi connectivity index (χ3n) is 2.86. The van der Waals surface area contributed by atoms with Crippen LogP contribution in [0.25, 0.3) is 0 Å². The van der Waals surface area contributed by atoms with Crippen molar-refractivity contribution in [1.82, 2.24) is 4.31 Å². The summed E-state index contributed by atoms with van der Waals surface area (Å²) in [4.78, 5) is 0.278. The molecule has 0 amide bonds. The van der Waals surface area contributed by atoms with Crippen molar-refractivity contribution in [3.05, 3.63) is 42.1 Å². The summed E-state index contributed by atoms with van der Waals surface area (Å²) in [6, 6.07) is 6.76. The number of hydrogen-bond acceptors (Lipinski definition) is 3. The van der Waals surface area contributed by atoms with Crippen LogP contribution in [0.2, 0.25) is 0 Å². The molecule has 0 aliphatic rings. The summed E-state index contributed by atoms with van der Waals surface area (Å²) in [5.41, 5.74) is 1.02. The highest BCUT2D eigenvalue weighted by Gasteiger charge is 2.17. The molecule has 0 spiro atoms. The van der Waals surface area contributed by atoms with Crippen LogP contribution in [-0.2, 0) is 10.0 Å². The van der Waals surface area contributed by atoms with Gasteiger partial charge in [-0.15, -0.1) is 0 Å². The first-order chi connectivity index (χ1) is 8.87. The van der Waals surface area contributed by atoms with Gasteiger partial charge in [-0.05, 0) is 31.4 Å².